The summed E-state index contributed by atoms with van der Waals surface area (Å²) in [7, 11) is 0. The number of nitrogens with zero attached hydrogens (tertiary/aromatic N) is 1. The van der Waals surface area contributed by atoms with Crippen molar-refractivity contribution in [1.29, 1.82) is 0 Å². The van der Waals surface area contributed by atoms with Crippen molar-refractivity contribution < 1.29 is 4.79 Å². The number of ketones is 1. The van der Waals surface area contributed by atoms with E-state index >= 15 is 0 Å². The van der Waals surface area contributed by atoms with Gasteiger partial charge in [0.25, 0.3) is 0 Å². The zero-order valence-corrected chi connectivity index (χ0v) is 11.4. The SMILES string of the molecule is CCc1ccc(C(=O)c2cnc3ccccc3c2)s1. The van der Waals surface area contributed by atoms with E-state index in [0.29, 0.717) is 5.56 Å². The van der Waals surface area contributed by atoms with Crippen LogP contribution in [0.5, 0.6) is 0 Å². The Balaban J connectivity index is 2.01. The first-order valence-electron chi connectivity index (χ1n) is 6.26. The predicted molar refractivity (Wildman–Crippen MR) is 78.9 cm³/mol. The largest absolute Gasteiger partial charge is 0.288 e. The molecule has 0 aliphatic carbocycles. The molecule has 0 aliphatic heterocycles. The number of aromatic nitrogens is 1. The average molecular weight is 267 g/mol. The van der Waals surface area contributed by atoms with Crippen LogP contribution in [0.4, 0.5) is 0 Å². The molecule has 0 saturated carbocycles. The number of benzene rings is 1. The summed E-state index contributed by atoms with van der Waals surface area (Å²) in [5.41, 5.74) is 1.57. The second-order valence-corrected chi connectivity index (χ2v) is 5.53. The quantitative estimate of drug-likeness (QED) is 0.669. The van der Waals surface area contributed by atoms with E-state index in [1.807, 2.05) is 42.5 Å². The highest BCUT2D eigenvalue weighted by molar-refractivity contribution is 7.14. The van der Waals surface area contributed by atoms with Gasteiger partial charge in [-0.1, -0.05) is 25.1 Å². The summed E-state index contributed by atoms with van der Waals surface area (Å²) < 4.78 is 0. The third kappa shape index (κ3) is 2.29. The van der Waals surface area contributed by atoms with Gasteiger partial charge in [0.05, 0.1) is 10.4 Å². The molecule has 0 fully saturated rings. The standard InChI is InChI=1S/C16H13NOS/c1-2-13-7-8-15(19-13)16(18)12-9-11-5-3-4-6-14(11)17-10-12/h3-10H,2H2,1H3. The summed E-state index contributed by atoms with van der Waals surface area (Å²) in [4.78, 5) is 18.7. The molecule has 2 heterocycles. The van der Waals surface area contributed by atoms with Gasteiger partial charge < -0.3 is 0 Å². The Hall–Kier alpha value is -2.00. The molecule has 3 heteroatoms. The number of carbonyl (C=O) groups is 1. The van der Waals surface area contributed by atoms with Crippen LogP contribution < -0.4 is 0 Å². The molecule has 0 unspecified atom stereocenters. The molecule has 2 nitrogen and oxygen atoms in total. The molecule has 3 rings (SSSR count). The van der Waals surface area contributed by atoms with Crippen LogP contribution in [0.2, 0.25) is 0 Å². The Morgan fingerprint density at radius 2 is 2.05 bits per heavy atom. The molecule has 0 bridgehead atoms. The van der Waals surface area contributed by atoms with Crippen molar-refractivity contribution in [3.63, 3.8) is 0 Å². The maximum absolute atomic E-state index is 12.4. The molecule has 0 saturated heterocycles. The fraction of sp³-hybridized carbons (Fsp3) is 0.125. The van der Waals surface area contributed by atoms with Gasteiger partial charge in [0, 0.05) is 22.0 Å². The van der Waals surface area contributed by atoms with Crippen LogP contribution in [0.1, 0.15) is 27.0 Å². The van der Waals surface area contributed by atoms with Gasteiger partial charge in [0.1, 0.15) is 0 Å². The van der Waals surface area contributed by atoms with E-state index in [-0.39, 0.29) is 5.78 Å². The molecular weight excluding hydrogens is 254 g/mol. The predicted octanol–water partition coefficient (Wildman–Crippen LogP) is 4.09. The monoisotopic (exact) mass is 267 g/mol. The summed E-state index contributed by atoms with van der Waals surface area (Å²) >= 11 is 1.56. The summed E-state index contributed by atoms with van der Waals surface area (Å²) in [5.74, 6) is 0.0583. The Labute approximate surface area is 115 Å². The van der Waals surface area contributed by atoms with Crippen molar-refractivity contribution in [3.8, 4) is 0 Å². The minimum Gasteiger partial charge on any atom is -0.288 e. The minimum atomic E-state index is 0.0583. The van der Waals surface area contributed by atoms with Crippen molar-refractivity contribution in [2.24, 2.45) is 0 Å². The average Bonchev–Trinajstić information content (AvgIpc) is 2.95. The molecule has 0 aliphatic rings. The normalized spacial score (nSPS) is 10.8. The molecule has 0 atom stereocenters. The molecule has 3 aromatic rings. The van der Waals surface area contributed by atoms with Crippen LogP contribution in [0, 0.1) is 0 Å². The molecule has 0 spiro atoms. The highest BCUT2D eigenvalue weighted by Gasteiger charge is 2.12. The van der Waals surface area contributed by atoms with Gasteiger partial charge >= 0.3 is 0 Å². The number of fused-ring (bicyclic) bond motifs is 1. The molecule has 0 amide bonds. The van der Waals surface area contributed by atoms with Crippen molar-refractivity contribution in [1.82, 2.24) is 4.98 Å². The third-order valence-corrected chi connectivity index (χ3v) is 4.31. The van der Waals surface area contributed by atoms with Gasteiger partial charge in [-0.05, 0) is 30.7 Å². The fourth-order valence-electron chi connectivity index (χ4n) is 2.03. The van der Waals surface area contributed by atoms with E-state index in [2.05, 4.69) is 11.9 Å². The Morgan fingerprint density at radius 3 is 2.84 bits per heavy atom. The molecule has 94 valence electrons. The van der Waals surface area contributed by atoms with Crippen molar-refractivity contribution >= 4 is 28.0 Å². The topological polar surface area (TPSA) is 30.0 Å². The van der Waals surface area contributed by atoms with E-state index in [1.165, 1.54) is 4.88 Å². The smallest absolute Gasteiger partial charge is 0.204 e. The van der Waals surface area contributed by atoms with Crippen LogP contribution in [0.25, 0.3) is 10.9 Å². The number of hydrogen-bond acceptors (Lipinski definition) is 3. The third-order valence-electron chi connectivity index (χ3n) is 3.09. The van der Waals surface area contributed by atoms with Crippen LogP contribution in [0.3, 0.4) is 0 Å². The molecule has 19 heavy (non-hydrogen) atoms. The summed E-state index contributed by atoms with van der Waals surface area (Å²) in [6, 6.07) is 13.7. The minimum absolute atomic E-state index is 0.0583. The number of pyridine rings is 1. The lowest BCUT2D eigenvalue weighted by Gasteiger charge is -2.00. The summed E-state index contributed by atoms with van der Waals surface area (Å²) in [5, 5.41) is 1.00. The van der Waals surface area contributed by atoms with Crippen molar-refractivity contribution in [2.75, 3.05) is 0 Å². The van der Waals surface area contributed by atoms with Gasteiger partial charge in [-0.15, -0.1) is 11.3 Å². The number of rotatable bonds is 3. The Bertz CT molecular complexity index is 745. The lowest BCUT2D eigenvalue weighted by atomic mass is 10.1. The number of thiophene rings is 1. The lowest BCUT2D eigenvalue weighted by molar-refractivity contribution is 0.104. The number of aryl methyl sites for hydroxylation is 1. The summed E-state index contributed by atoms with van der Waals surface area (Å²) in [6.07, 6.45) is 2.63. The van der Waals surface area contributed by atoms with Gasteiger partial charge in [0.15, 0.2) is 0 Å². The maximum Gasteiger partial charge on any atom is 0.204 e. The first kappa shape index (κ1) is 12.1. The van der Waals surface area contributed by atoms with E-state index < -0.39 is 0 Å². The number of carbonyl (C=O) groups excluding carboxylic acids is 1. The maximum atomic E-state index is 12.4. The van der Waals surface area contributed by atoms with Crippen LogP contribution >= 0.6 is 11.3 Å². The lowest BCUT2D eigenvalue weighted by Crippen LogP contribution is -1.99. The van der Waals surface area contributed by atoms with Gasteiger partial charge in [-0.2, -0.15) is 0 Å². The fourth-order valence-corrected chi connectivity index (χ4v) is 2.94. The first-order valence-corrected chi connectivity index (χ1v) is 7.08. The Morgan fingerprint density at radius 1 is 1.21 bits per heavy atom. The van der Waals surface area contributed by atoms with Gasteiger partial charge in [0.2, 0.25) is 5.78 Å². The molecular formula is C16H13NOS. The highest BCUT2D eigenvalue weighted by atomic mass is 32.1. The highest BCUT2D eigenvalue weighted by Crippen LogP contribution is 2.21. The van der Waals surface area contributed by atoms with E-state index in [4.69, 9.17) is 0 Å². The Kier molecular flexibility index (Phi) is 3.13. The van der Waals surface area contributed by atoms with E-state index in [9.17, 15) is 4.79 Å². The number of para-hydroxylation sites is 1. The second-order valence-electron chi connectivity index (χ2n) is 4.37. The van der Waals surface area contributed by atoms with E-state index in [0.717, 1.165) is 22.2 Å². The first-order chi connectivity index (χ1) is 9.28. The molecule has 1 aromatic carbocycles. The number of hydrogen-bond donors (Lipinski definition) is 0. The van der Waals surface area contributed by atoms with Crippen LogP contribution in [-0.4, -0.2) is 10.8 Å². The zero-order chi connectivity index (χ0) is 13.2. The van der Waals surface area contributed by atoms with Gasteiger partial charge in [-0.3, -0.25) is 9.78 Å². The molecule has 0 radical (unpaired) electrons. The zero-order valence-electron chi connectivity index (χ0n) is 10.6. The molecule has 2 aromatic heterocycles. The summed E-state index contributed by atoms with van der Waals surface area (Å²) in [6.45, 7) is 2.09. The van der Waals surface area contributed by atoms with Crippen LogP contribution in [-0.2, 0) is 6.42 Å². The van der Waals surface area contributed by atoms with Crippen molar-refractivity contribution in [2.45, 2.75) is 13.3 Å². The van der Waals surface area contributed by atoms with Crippen LogP contribution in [0.15, 0.2) is 48.7 Å². The second kappa shape index (κ2) is 4.94. The van der Waals surface area contributed by atoms with Gasteiger partial charge in [-0.25, -0.2) is 0 Å². The van der Waals surface area contributed by atoms with E-state index in [1.54, 1.807) is 17.5 Å². The van der Waals surface area contributed by atoms with Crippen molar-refractivity contribution in [3.05, 3.63) is 64.0 Å². The molecule has 0 N–H and O–H groups in total.